The summed E-state index contributed by atoms with van der Waals surface area (Å²) < 4.78 is 25.6. The van der Waals surface area contributed by atoms with E-state index in [1.807, 2.05) is 6.07 Å². The van der Waals surface area contributed by atoms with Gasteiger partial charge in [-0.25, -0.2) is 13.1 Å². The molecule has 1 aromatic carbocycles. The van der Waals surface area contributed by atoms with Gasteiger partial charge < -0.3 is 0 Å². The third kappa shape index (κ3) is 2.78. The lowest BCUT2D eigenvalue weighted by molar-refractivity contribution is 0.584. The third-order valence-corrected chi connectivity index (χ3v) is 3.35. The number of rotatable bonds is 3. The molecule has 1 aromatic rings. The van der Waals surface area contributed by atoms with Crippen LogP contribution in [0, 0.1) is 18.3 Å². The highest BCUT2D eigenvalue weighted by atomic mass is 32.2. The van der Waals surface area contributed by atoms with Crippen LogP contribution >= 0.6 is 0 Å². The Bertz CT molecular complexity index is 501. The molecular weight excluding hydrogens is 212 g/mol. The highest BCUT2D eigenvalue weighted by molar-refractivity contribution is 7.89. The Morgan fingerprint density at radius 1 is 1.40 bits per heavy atom. The first kappa shape index (κ1) is 11.7. The van der Waals surface area contributed by atoms with Gasteiger partial charge >= 0.3 is 0 Å². The van der Waals surface area contributed by atoms with Gasteiger partial charge in [-0.2, -0.15) is 5.26 Å². The number of hydrogen-bond donors (Lipinski definition) is 1. The van der Waals surface area contributed by atoms with E-state index in [0.717, 1.165) is 5.56 Å². The maximum atomic E-state index is 11.6. The lowest BCUT2D eigenvalue weighted by Gasteiger charge is -2.05. The van der Waals surface area contributed by atoms with Crippen molar-refractivity contribution in [3.05, 3.63) is 29.3 Å². The molecule has 0 saturated heterocycles. The van der Waals surface area contributed by atoms with Crippen molar-refractivity contribution in [1.29, 1.82) is 5.26 Å². The highest BCUT2D eigenvalue weighted by Crippen LogP contribution is 2.13. The second-order valence-electron chi connectivity index (χ2n) is 3.15. The number of sulfonamides is 1. The van der Waals surface area contributed by atoms with E-state index in [1.54, 1.807) is 26.0 Å². The SMILES string of the molecule is CCNS(=O)(=O)c1cc(C)cc(C#N)c1. The Balaban J connectivity index is 3.28. The Hall–Kier alpha value is -1.38. The fourth-order valence-corrected chi connectivity index (χ4v) is 2.41. The first-order valence-electron chi connectivity index (χ1n) is 4.51. The largest absolute Gasteiger partial charge is 0.240 e. The minimum atomic E-state index is -3.47. The smallest absolute Gasteiger partial charge is 0.211 e. The normalized spacial score (nSPS) is 11.0. The maximum Gasteiger partial charge on any atom is 0.240 e. The molecule has 0 radical (unpaired) electrons. The van der Waals surface area contributed by atoms with Crippen LogP contribution in [-0.2, 0) is 10.0 Å². The average molecular weight is 224 g/mol. The van der Waals surface area contributed by atoms with Gasteiger partial charge in [0.2, 0.25) is 10.0 Å². The predicted octanol–water partition coefficient (Wildman–Crippen LogP) is 1.16. The van der Waals surface area contributed by atoms with E-state index >= 15 is 0 Å². The van der Waals surface area contributed by atoms with Gasteiger partial charge in [0.25, 0.3) is 0 Å². The van der Waals surface area contributed by atoms with Crippen LogP contribution in [0.3, 0.4) is 0 Å². The van der Waals surface area contributed by atoms with Crippen LogP contribution in [0.1, 0.15) is 18.1 Å². The second kappa shape index (κ2) is 4.43. The quantitative estimate of drug-likeness (QED) is 0.837. The number of nitrogens with zero attached hydrogens (tertiary/aromatic N) is 1. The van der Waals surface area contributed by atoms with Gasteiger partial charge in [-0.15, -0.1) is 0 Å². The van der Waals surface area contributed by atoms with E-state index in [2.05, 4.69) is 4.72 Å². The monoisotopic (exact) mass is 224 g/mol. The first-order chi connectivity index (χ1) is 6.99. The van der Waals surface area contributed by atoms with E-state index in [-0.39, 0.29) is 4.90 Å². The topological polar surface area (TPSA) is 70.0 Å². The molecule has 1 rings (SSSR count). The molecule has 0 aromatic heterocycles. The molecule has 0 heterocycles. The molecule has 0 atom stereocenters. The van der Waals surface area contributed by atoms with Crippen molar-refractivity contribution < 1.29 is 8.42 Å². The second-order valence-corrected chi connectivity index (χ2v) is 4.91. The molecule has 80 valence electrons. The van der Waals surface area contributed by atoms with Crippen LogP contribution < -0.4 is 4.72 Å². The summed E-state index contributed by atoms with van der Waals surface area (Å²) in [7, 11) is -3.47. The minimum absolute atomic E-state index is 0.140. The molecular formula is C10H12N2O2S. The van der Waals surface area contributed by atoms with Crippen LogP contribution in [0.15, 0.2) is 23.1 Å². The summed E-state index contributed by atoms with van der Waals surface area (Å²) in [5, 5.41) is 8.72. The zero-order chi connectivity index (χ0) is 11.5. The lowest BCUT2D eigenvalue weighted by atomic mass is 10.2. The number of nitrogens with one attached hydrogen (secondary N) is 1. The molecule has 4 nitrogen and oxygen atoms in total. The number of hydrogen-bond acceptors (Lipinski definition) is 3. The molecule has 0 aliphatic rings. The predicted molar refractivity (Wildman–Crippen MR) is 56.8 cm³/mol. The molecule has 1 N–H and O–H groups in total. The van der Waals surface area contributed by atoms with E-state index in [9.17, 15) is 8.42 Å². The van der Waals surface area contributed by atoms with Crippen molar-refractivity contribution in [1.82, 2.24) is 4.72 Å². The Labute approximate surface area is 89.6 Å². The zero-order valence-electron chi connectivity index (χ0n) is 8.61. The van der Waals surface area contributed by atoms with E-state index in [1.165, 1.54) is 6.07 Å². The average Bonchev–Trinajstić information content (AvgIpc) is 2.16. The van der Waals surface area contributed by atoms with Gasteiger partial charge in [-0.3, -0.25) is 0 Å². The lowest BCUT2D eigenvalue weighted by Crippen LogP contribution is -2.23. The minimum Gasteiger partial charge on any atom is -0.211 e. The fraction of sp³-hybridized carbons (Fsp3) is 0.300. The zero-order valence-corrected chi connectivity index (χ0v) is 9.43. The highest BCUT2D eigenvalue weighted by Gasteiger charge is 2.13. The summed E-state index contributed by atoms with van der Waals surface area (Å²) in [4.78, 5) is 0.140. The molecule has 0 unspecified atom stereocenters. The maximum absolute atomic E-state index is 11.6. The van der Waals surface area contributed by atoms with E-state index in [4.69, 9.17) is 5.26 Å². The molecule has 0 bridgehead atoms. The van der Waals surface area contributed by atoms with Crippen molar-refractivity contribution in [2.45, 2.75) is 18.7 Å². The van der Waals surface area contributed by atoms with Crippen molar-refractivity contribution >= 4 is 10.0 Å². The summed E-state index contributed by atoms with van der Waals surface area (Å²) >= 11 is 0. The fourth-order valence-electron chi connectivity index (χ4n) is 1.24. The van der Waals surface area contributed by atoms with Crippen LogP contribution in [0.5, 0.6) is 0 Å². The van der Waals surface area contributed by atoms with Crippen LogP contribution in [-0.4, -0.2) is 15.0 Å². The summed E-state index contributed by atoms with van der Waals surface area (Å²) in [6.45, 7) is 3.79. The summed E-state index contributed by atoms with van der Waals surface area (Å²) in [5.74, 6) is 0. The van der Waals surface area contributed by atoms with Crippen molar-refractivity contribution in [2.75, 3.05) is 6.54 Å². The van der Waals surface area contributed by atoms with Gasteiger partial charge in [-0.1, -0.05) is 6.92 Å². The Morgan fingerprint density at radius 2 is 2.07 bits per heavy atom. The summed E-state index contributed by atoms with van der Waals surface area (Å²) in [5.41, 5.74) is 1.11. The molecule has 0 aliphatic carbocycles. The first-order valence-corrected chi connectivity index (χ1v) is 5.99. The number of nitriles is 1. The van der Waals surface area contributed by atoms with Gasteiger partial charge in [0.15, 0.2) is 0 Å². The summed E-state index contributed by atoms with van der Waals surface area (Å²) in [6.07, 6.45) is 0. The number of benzene rings is 1. The molecule has 0 aliphatic heterocycles. The van der Waals surface area contributed by atoms with E-state index < -0.39 is 10.0 Å². The molecule has 0 spiro atoms. The molecule has 0 amide bonds. The third-order valence-electron chi connectivity index (χ3n) is 1.82. The van der Waals surface area contributed by atoms with Crippen LogP contribution in [0.2, 0.25) is 0 Å². The van der Waals surface area contributed by atoms with Crippen molar-refractivity contribution in [3.8, 4) is 6.07 Å². The molecule has 5 heteroatoms. The Kier molecular flexibility index (Phi) is 3.45. The van der Waals surface area contributed by atoms with Gasteiger partial charge in [0, 0.05) is 6.54 Å². The standard InChI is InChI=1S/C10H12N2O2S/c1-3-12-15(13,14)10-5-8(2)4-9(6-10)7-11/h4-6,12H,3H2,1-2H3. The molecule has 0 saturated carbocycles. The van der Waals surface area contributed by atoms with Crippen LogP contribution in [0.4, 0.5) is 0 Å². The number of aryl methyl sites for hydroxylation is 1. The van der Waals surface area contributed by atoms with Gasteiger partial charge in [-0.05, 0) is 30.7 Å². The van der Waals surface area contributed by atoms with Crippen molar-refractivity contribution in [2.24, 2.45) is 0 Å². The summed E-state index contributed by atoms with van der Waals surface area (Å²) in [6, 6.07) is 6.48. The van der Waals surface area contributed by atoms with Crippen LogP contribution in [0.25, 0.3) is 0 Å². The molecule has 0 fully saturated rings. The van der Waals surface area contributed by atoms with E-state index in [0.29, 0.717) is 12.1 Å². The van der Waals surface area contributed by atoms with Gasteiger partial charge in [0.05, 0.1) is 16.5 Å². The van der Waals surface area contributed by atoms with Crippen molar-refractivity contribution in [3.63, 3.8) is 0 Å². The molecule has 15 heavy (non-hydrogen) atoms. The van der Waals surface area contributed by atoms with Gasteiger partial charge in [0.1, 0.15) is 0 Å². The Morgan fingerprint density at radius 3 is 2.60 bits per heavy atom.